The van der Waals surface area contributed by atoms with Gasteiger partial charge < -0.3 is 4.74 Å². The molecule has 2 heteroatoms. The van der Waals surface area contributed by atoms with Crippen molar-refractivity contribution in [2.45, 2.75) is 64.9 Å². The van der Waals surface area contributed by atoms with Crippen LogP contribution in [0.15, 0.2) is 0 Å². The molecule has 0 rings (SSSR count). The SMILES string of the molecule is CCCCCCCCC(OC)C(C)=O. The fourth-order valence-electron chi connectivity index (χ4n) is 1.60. The lowest BCUT2D eigenvalue weighted by atomic mass is 10.1. The number of rotatable bonds is 9. The third-order valence-corrected chi connectivity index (χ3v) is 2.56. The Kier molecular flexibility index (Phi) is 8.95. The van der Waals surface area contributed by atoms with Crippen LogP contribution in [0.5, 0.6) is 0 Å². The molecule has 0 aromatic carbocycles. The van der Waals surface area contributed by atoms with Gasteiger partial charge in [0.2, 0.25) is 0 Å². The highest BCUT2D eigenvalue weighted by Gasteiger charge is 2.11. The van der Waals surface area contributed by atoms with Crippen molar-refractivity contribution in [3.63, 3.8) is 0 Å². The van der Waals surface area contributed by atoms with Gasteiger partial charge in [0.15, 0.2) is 5.78 Å². The number of ketones is 1. The summed E-state index contributed by atoms with van der Waals surface area (Å²) >= 11 is 0. The van der Waals surface area contributed by atoms with E-state index < -0.39 is 0 Å². The van der Waals surface area contributed by atoms with E-state index in [2.05, 4.69) is 6.92 Å². The summed E-state index contributed by atoms with van der Waals surface area (Å²) in [5, 5.41) is 0. The van der Waals surface area contributed by atoms with Gasteiger partial charge in [-0.25, -0.2) is 0 Å². The molecular formula is C12H24O2. The average molecular weight is 200 g/mol. The van der Waals surface area contributed by atoms with Crippen LogP contribution < -0.4 is 0 Å². The zero-order valence-corrected chi connectivity index (χ0v) is 9.84. The first-order chi connectivity index (χ1) is 6.72. The molecule has 0 fully saturated rings. The third-order valence-electron chi connectivity index (χ3n) is 2.56. The zero-order chi connectivity index (χ0) is 10.8. The Morgan fingerprint density at radius 2 is 1.71 bits per heavy atom. The summed E-state index contributed by atoms with van der Waals surface area (Å²) in [5.74, 6) is 0.154. The van der Waals surface area contributed by atoms with Crippen LogP contribution in [0.1, 0.15) is 58.8 Å². The van der Waals surface area contributed by atoms with E-state index in [1.54, 1.807) is 14.0 Å². The van der Waals surface area contributed by atoms with Crippen molar-refractivity contribution in [3.8, 4) is 0 Å². The van der Waals surface area contributed by atoms with Gasteiger partial charge in [-0.3, -0.25) is 4.79 Å². The quantitative estimate of drug-likeness (QED) is 0.534. The summed E-state index contributed by atoms with van der Waals surface area (Å²) in [6.45, 7) is 3.82. The second-order valence-corrected chi connectivity index (χ2v) is 3.89. The van der Waals surface area contributed by atoms with Gasteiger partial charge in [-0.1, -0.05) is 45.4 Å². The number of methoxy groups -OCH3 is 1. The van der Waals surface area contributed by atoms with Gasteiger partial charge in [0.05, 0.1) is 0 Å². The van der Waals surface area contributed by atoms with Crippen molar-refractivity contribution < 1.29 is 9.53 Å². The first kappa shape index (κ1) is 13.6. The molecule has 1 atom stereocenters. The van der Waals surface area contributed by atoms with Gasteiger partial charge in [0.1, 0.15) is 6.10 Å². The van der Waals surface area contributed by atoms with Gasteiger partial charge in [0, 0.05) is 7.11 Å². The van der Waals surface area contributed by atoms with Gasteiger partial charge in [0.25, 0.3) is 0 Å². The van der Waals surface area contributed by atoms with Gasteiger partial charge >= 0.3 is 0 Å². The van der Waals surface area contributed by atoms with Crippen LogP contribution in [-0.2, 0) is 9.53 Å². The summed E-state index contributed by atoms with van der Waals surface area (Å²) in [5.41, 5.74) is 0. The largest absolute Gasteiger partial charge is 0.374 e. The predicted molar refractivity (Wildman–Crippen MR) is 59.5 cm³/mol. The number of Topliss-reactive ketones (excluding diaryl/α,β-unsaturated/α-hetero) is 1. The molecule has 0 saturated carbocycles. The van der Waals surface area contributed by atoms with Crippen molar-refractivity contribution in [1.82, 2.24) is 0 Å². The van der Waals surface area contributed by atoms with E-state index in [-0.39, 0.29) is 11.9 Å². The third kappa shape index (κ3) is 7.07. The topological polar surface area (TPSA) is 26.3 Å². The molecule has 84 valence electrons. The van der Waals surface area contributed by atoms with E-state index in [1.807, 2.05) is 0 Å². The van der Waals surface area contributed by atoms with Crippen molar-refractivity contribution in [1.29, 1.82) is 0 Å². The van der Waals surface area contributed by atoms with E-state index in [9.17, 15) is 4.79 Å². The van der Waals surface area contributed by atoms with Crippen LogP contribution in [0.25, 0.3) is 0 Å². The second kappa shape index (κ2) is 9.20. The molecule has 2 nitrogen and oxygen atoms in total. The van der Waals surface area contributed by atoms with Gasteiger partial charge in [-0.15, -0.1) is 0 Å². The lowest BCUT2D eigenvalue weighted by Crippen LogP contribution is -2.19. The molecular weight excluding hydrogens is 176 g/mol. The lowest BCUT2D eigenvalue weighted by molar-refractivity contribution is -0.127. The number of hydrogen-bond acceptors (Lipinski definition) is 2. The monoisotopic (exact) mass is 200 g/mol. The van der Waals surface area contributed by atoms with Crippen LogP contribution in [0.2, 0.25) is 0 Å². The Balaban J connectivity index is 3.29. The minimum atomic E-state index is -0.166. The Hall–Kier alpha value is -0.370. The molecule has 1 unspecified atom stereocenters. The number of ether oxygens (including phenoxy) is 1. The zero-order valence-electron chi connectivity index (χ0n) is 9.84. The van der Waals surface area contributed by atoms with Crippen LogP contribution in [-0.4, -0.2) is 19.0 Å². The number of hydrogen-bond donors (Lipinski definition) is 0. The maximum absolute atomic E-state index is 11.0. The fourth-order valence-corrected chi connectivity index (χ4v) is 1.60. The molecule has 0 radical (unpaired) electrons. The Bertz CT molecular complexity index is 143. The molecule has 0 aliphatic carbocycles. The molecule has 0 aromatic heterocycles. The normalized spacial score (nSPS) is 12.8. The van der Waals surface area contributed by atoms with Crippen molar-refractivity contribution in [2.75, 3.05) is 7.11 Å². The maximum atomic E-state index is 11.0. The van der Waals surface area contributed by atoms with E-state index in [0.717, 1.165) is 12.8 Å². The molecule has 0 bridgehead atoms. The van der Waals surface area contributed by atoms with Crippen molar-refractivity contribution in [3.05, 3.63) is 0 Å². The highest BCUT2D eigenvalue weighted by molar-refractivity contribution is 5.80. The summed E-state index contributed by atoms with van der Waals surface area (Å²) in [6.07, 6.45) is 8.30. The first-order valence-corrected chi connectivity index (χ1v) is 5.75. The predicted octanol–water partition coefficient (Wildman–Crippen LogP) is 3.34. The number of unbranched alkanes of at least 4 members (excludes halogenated alkanes) is 5. The van der Waals surface area contributed by atoms with Crippen LogP contribution in [0.3, 0.4) is 0 Å². The summed E-state index contributed by atoms with van der Waals surface area (Å²) in [6, 6.07) is 0. The van der Waals surface area contributed by atoms with Crippen LogP contribution in [0, 0.1) is 0 Å². The lowest BCUT2D eigenvalue weighted by Gasteiger charge is -2.10. The standard InChI is InChI=1S/C12H24O2/c1-4-5-6-7-8-9-10-12(14-3)11(2)13/h12H,4-10H2,1-3H3. The molecule has 0 aromatic rings. The maximum Gasteiger partial charge on any atom is 0.158 e. The summed E-state index contributed by atoms with van der Waals surface area (Å²) in [4.78, 5) is 11.0. The molecule has 0 saturated heterocycles. The molecule has 0 spiro atoms. The molecule has 0 heterocycles. The highest BCUT2D eigenvalue weighted by atomic mass is 16.5. The summed E-state index contributed by atoms with van der Waals surface area (Å²) in [7, 11) is 1.61. The van der Waals surface area contributed by atoms with Crippen LogP contribution in [0.4, 0.5) is 0 Å². The van der Waals surface area contributed by atoms with E-state index in [4.69, 9.17) is 4.74 Å². The Morgan fingerprint density at radius 1 is 1.14 bits per heavy atom. The smallest absolute Gasteiger partial charge is 0.158 e. The van der Waals surface area contributed by atoms with E-state index in [1.165, 1.54) is 32.1 Å². The molecule has 0 N–H and O–H groups in total. The highest BCUT2D eigenvalue weighted by Crippen LogP contribution is 2.10. The van der Waals surface area contributed by atoms with E-state index >= 15 is 0 Å². The van der Waals surface area contributed by atoms with Gasteiger partial charge in [-0.2, -0.15) is 0 Å². The van der Waals surface area contributed by atoms with Crippen molar-refractivity contribution >= 4 is 5.78 Å². The molecule has 0 amide bonds. The molecule has 0 aliphatic heterocycles. The Labute approximate surface area is 88.0 Å². The summed E-state index contributed by atoms with van der Waals surface area (Å²) < 4.78 is 5.09. The Morgan fingerprint density at radius 3 is 2.21 bits per heavy atom. The molecule has 0 aliphatic rings. The van der Waals surface area contributed by atoms with Crippen LogP contribution >= 0.6 is 0 Å². The average Bonchev–Trinajstić information content (AvgIpc) is 2.16. The number of carbonyl (C=O) groups excluding carboxylic acids is 1. The van der Waals surface area contributed by atoms with E-state index in [0.29, 0.717) is 0 Å². The minimum Gasteiger partial charge on any atom is -0.374 e. The second-order valence-electron chi connectivity index (χ2n) is 3.89. The van der Waals surface area contributed by atoms with Gasteiger partial charge in [-0.05, 0) is 13.3 Å². The fraction of sp³-hybridized carbons (Fsp3) is 0.917. The van der Waals surface area contributed by atoms with Crippen molar-refractivity contribution in [2.24, 2.45) is 0 Å². The first-order valence-electron chi connectivity index (χ1n) is 5.75. The molecule has 14 heavy (non-hydrogen) atoms. The minimum absolute atomic E-state index is 0.154. The number of carbonyl (C=O) groups is 1.